The summed E-state index contributed by atoms with van der Waals surface area (Å²) in [5, 5.41) is 16.0. The van der Waals surface area contributed by atoms with Crippen molar-refractivity contribution in [3.05, 3.63) is 96.6 Å². The average Bonchev–Trinajstić information content (AvgIpc) is 3.62. The molecule has 10 heteroatoms. The highest BCUT2D eigenvalue weighted by molar-refractivity contribution is 7.99. The number of ether oxygens (including phenoxy) is 2. The molecule has 2 heterocycles. The third-order valence-corrected chi connectivity index (χ3v) is 8.07. The Morgan fingerprint density at radius 2 is 1.65 bits per heavy atom. The van der Waals surface area contributed by atoms with Gasteiger partial charge in [-0.1, -0.05) is 54.2 Å². The maximum atomic E-state index is 12.8. The van der Waals surface area contributed by atoms with Crippen LogP contribution < -0.4 is 14.9 Å². The molecule has 9 nitrogen and oxygen atoms in total. The molecule has 0 aliphatic rings. The third-order valence-electron chi connectivity index (χ3n) is 7.14. The van der Waals surface area contributed by atoms with E-state index in [0.717, 1.165) is 28.7 Å². The van der Waals surface area contributed by atoms with Crippen molar-refractivity contribution >= 4 is 45.7 Å². The van der Waals surface area contributed by atoms with Gasteiger partial charge in [-0.15, -0.1) is 10.2 Å². The number of hydrogen-bond acceptors (Lipinski definition) is 7. The fraction of sp³-hybridized carbons (Fsp3) is 0.152. The highest BCUT2D eigenvalue weighted by atomic mass is 32.2. The number of methoxy groups -OCH3 is 2. The first kappa shape index (κ1) is 28.0. The van der Waals surface area contributed by atoms with Gasteiger partial charge in [0.15, 0.2) is 22.5 Å². The number of hydrogen-bond donors (Lipinski definition) is 1. The molecular formula is C33H30N6O3S. The van der Waals surface area contributed by atoms with E-state index >= 15 is 0 Å². The van der Waals surface area contributed by atoms with E-state index in [1.165, 1.54) is 28.2 Å². The molecule has 0 saturated heterocycles. The number of amides is 1. The van der Waals surface area contributed by atoms with Gasteiger partial charge in [0.1, 0.15) is 0 Å². The van der Waals surface area contributed by atoms with Crippen LogP contribution in [-0.4, -0.2) is 51.4 Å². The van der Waals surface area contributed by atoms with Gasteiger partial charge in [-0.3, -0.25) is 9.36 Å². The minimum atomic E-state index is -0.250. The molecule has 2 aromatic heterocycles. The standard InChI is InChI=1S/C33H30N6O3S/c1-4-38-27-13-9-8-12-25(27)26-18-22(14-16-28(26)38)20-34-35-31(40)21-43-33-37-36-32(39(33)24-10-6-5-7-11-24)23-15-17-29(41-2)30(19-23)42-3/h5-20H,4,21H2,1-3H3,(H,35,40). The zero-order valence-corrected chi connectivity index (χ0v) is 24.8. The molecule has 0 radical (unpaired) electrons. The molecule has 0 saturated carbocycles. The van der Waals surface area contributed by atoms with Crippen LogP contribution in [0.25, 0.3) is 38.9 Å². The number of rotatable bonds is 10. The molecule has 6 aromatic rings. The van der Waals surface area contributed by atoms with Crippen molar-refractivity contribution in [1.82, 2.24) is 24.8 Å². The minimum absolute atomic E-state index is 0.108. The van der Waals surface area contributed by atoms with Crippen molar-refractivity contribution in [1.29, 1.82) is 0 Å². The van der Waals surface area contributed by atoms with Crippen molar-refractivity contribution in [3.8, 4) is 28.6 Å². The van der Waals surface area contributed by atoms with Crippen molar-refractivity contribution in [2.75, 3.05) is 20.0 Å². The summed E-state index contributed by atoms with van der Waals surface area (Å²) in [6.07, 6.45) is 1.67. The number of para-hydroxylation sites is 2. The monoisotopic (exact) mass is 590 g/mol. The summed E-state index contributed by atoms with van der Waals surface area (Å²) in [6.45, 7) is 3.03. The minimum Gasteiger partial charge on any atom is -0.493 e. The molecule has 43 heavy (non-hydrogen) atoms. The van der Waals surface area contributed by atoms with Crippen LogP contribution in [0.2, 0.25) is 0 Å². The van der Waals surface area contributed by atoms with Crippen molar-refractivity contribution in [2.45, 2.75) is 18.6 Å². The Morgan fingerprint density at radius 3 is 2.44 bits per heavy atom. The van der Waals surface area contributed by atoms with Gasteiger partial charge >= 0.3 is 0 Å². The van der Waals surface area contributed by atoms with Gasteiger partial charge in [-0.25, -0.2) is 5.43 Å². The summed E-state index contributed by atoms with van der Waals surface area (Å²) < 4.78 is 15.1. The van der Waals surface area contributed by atoms with E-state index < -0.39 is 0 Å². The molecule has 0 unspecified atom stereocenters. The first-order chi connectivity index (χ1) is 21.1. The molecule has 0 fully saturated rings. The van der Waals surface area contributed by atoms with Gasteiger partial charge in [0.25, 0.3) is 5.91 Å². The van der Waals surface area contributed by atoms with Gasteiger partial charge in [0.05, 0.1) is 26.2 Å². The summed E-state index contributed by atoms with van der Waals surface area (Å²) in [5.74, 6) is 1.69. The number of nitrogens with one attached hydrogen (secondary N) is 1. The number of thioether (sulfide) groups is 1. The van der Waals surface area contributed by atoms with Crippen LogP contribution in [-0.2, 0) is 11.3 Å². The lowest BCUT2D eigenvalue weighted by Gasteiger charge is -2.12. The Morgan fingerprint density at radius 1 is 0.884 bits per heavy atom. The van der Waals surface area contributed by atoms with E-state index in [4.69, 9.17) is 9.47 Å². The molecule has 0 atom stereocenters. The Balaban J connectivity index is 1.19. The number of nitrogens with zero attached hydrogens (tertiary/aromatic N) is 5. The summed E-state index contributed by atoms with van der Waals surface area (Å²) in [5.41, 5.74) is 7.61. The number of carbonyl (C=O) groups excluding carboxylic acids is 1. The van der Waals surface area contributed by atoms with E-state index in [0.29, 0.717) is 22.5 Å². The number of aromatic nitrogens is 4. The average molecular weight is 591 g/mol. The molecular weight excluding hydrogens is 560 g/mol. The van der Waals surface area contributed by atoms with Crippen LogP contribution in [0.1, 0.15) is 12.5 Å². The maximum Gasteiger partial charge on any atom is 0.250 e. The summed E-state index contributed by atoms with van der Waals surface area (Å²) in [7, 11) is 3.19. The Kier molecular flexibility index (Phi) is 8.10. The van der Waals surface area contributed by atoms with E-state index in [-0.39, 0.29) is 11.7 Å². The fourth-order valence-electron chi connectivity index (χ4n) is 5.17. The Labute approximate surface area is 253 Å². The second-order valence-corrected chi connectivity index (χ2v) is 10.6. The quantitative estimate of drug-likeness (QED) is 0.114. The predicted octanol–water partition coefficient (Wildman–Crippen LogP) is 6.32. The zero-order chi connectivity index (χ0) is 29.8. The zero-order valence-electron chi connectivity index (χ0n) is 24.0. The molecule has 1 N–H and O–H groups in total. The number of fused-ring (bicyclic) bond motifs is 3. The van der Waals surface area contributed by atoms with Crippen LogP contribution in [0.15, 0.2) is 101 Å². The van der Waals surface area contributed by atoms with Crippen molar-refractivity contribution in [3.63, 3.8) is 0 Å². The second-order valence-electron chi connectivity index (χ2n) is 9.67. The number of hydrazone groups is 1. The van der Waals surface area contributed by atoms with Crippen LogP contribution in [0, 0.1) is 0 Å². The molecule has 216 valence electrons. The van der Waals surface area contributed by atoms with Gasteiger partial charge in [0.2, 0.25) is 0 Å². The highest BCUT2D eigenvalue weighted by Gasteiger charge is 2.19. The van der Waals surface area contributed by atoms with Gasteiger partial charge in [-0.05, 0) is 61.0 Å². The lowest BCUT2D eigenvalue weighted by molar-refractivity contribution is -0.118. The predicted molar refractivity (Wildman–Crippen MR) is 171 cm³/mol. The number of carbonyl (C=O) groups is 1. The molecule has 0 spiro atoms. The first-order valence-electron chi connectivity index (χ1n) is 13.8. The molecule has 0 aliphatic carbocycles. The highest BCUT2D eigenvalue weighted by Crippen LogP contribution is 2.34. The van der Waals surface area contributed by atoms with Gasteiger partial charge < -0.3 is 14.0 Å². The lowest BCUT2D eigenvalue weighted by atomic mass is 10.1. The first-order valence-corrected chi connectivity index (χ1v) is 14.8. The smallest absolute Gasteiger partial charge is 0.250 e. The Bertz CT molecular complexity index is 1950. The van der Waals surface area contributed by atoms with E-state index in [1.54, 1.807) is 20.4 Å². The van der Waals surface area contributed by atoms with Crippen LogP contribution >= 0.6 is 11.8 Å². The van der Waals surface area contributed by atoms with E-state index in [9.17, 15) is 4.79 Å². The largest absolute Gasteiger partial charge is 0.493 e. The fourth-order valence-corrected chi connectivity index (χ4v) is 5.91. The van der Waals surface area contributed by atoms with Gasteiger partial charge in [0, 0.05) is 39.6 Å². The number of aryl methyl sites for hydroxylation is 1. The molecule has 0 aliphatic heterocycles. The summed E-state index contributed by atoms with van der Waals surface area (Å²) in [4.78, 5) is 12.8. The molecule has 1 amide bonds. The van der Waals surface area contributed by atoms with E-state index in [2.05, 4.69) is 68.6 Å². The van der Waals surface area contributed by atoms with Crippen LogP contribution in [0.5, 0.6) is 11.5 Å². The molecule has 0 bridgehead atoms. The van der Waals surface area contributed by atoms with Gasteiger partial charge in [-0.2, -0.15) is 5.10 Å². The third kappa shape index (κ3) is 5.56. The molecule has 6 rings (SSSR count). The van der Waals surface area contributed by atoms with Crippen molar-refractivity contribution in [2.24, 2.45) is 5.10 Å². The van der Waals surface area contributed by atoms with Crippen molar-refractivity contribution < 1.29 is 14.3 Å². The Hall–Kier alpha value is -5.09. The van der Waals surface area contributed by atoms with E-state index in [1.807, 2.05) is 59.2 Å². The normalized spacial score (nSPS) is 11.4. The van der Waals surface area contributed by atoms with Crippen LogP contribution in [0.3, 0.4) is 0 Å². The molecule has 4 aromatic carbocycles. The SMILES string of the molecule is CCn1c2ccccc2c2cc(C=NNC(=O)CSc3nnc(-c4ccc(OC)c(OC)c4)n3-c3ccccc3)ccc21. The van der Waals surface area contributed by atoms with Crippen LogP contribution in [0.4, 0.5) is 0 Å². The number of benzene rings is 4. The second kappa shape index (κ2) is 12.4. The summed E-state index contributed by atoms with van der Waals surface area (Å²) in [6, 6.07) is 30.0. The lowest BCUT2D eigenvalue weighted by Crippen LogP contribution is -2.20. The maximum absolute atomic E-state index is 12.8. The summed E-state index contributed by atoms with van der Waals surface area (Å²) >= 11 is 1.28. The topological polar surface area (TPSA) is 95.6 Å².